The fourth-order valence-corrected chi connectivity index (χ4v) is 2.56. The van der Waals surface area contributed by atoms with Gasteiger partial charge >= 0.3 is 0 Å². The molecule has 0 radical (unpaired) electrons. The normalized spacial score (nSPS) is 18.3. The summed E-state index contributed by atoms with van der Waals surface area (Å²) in [4.78, 5) is 27.4. The summed E-state index contributed by atoms with van der Waals surface area (Å²) in [5.41, 5.74) is 0.909. The lowest BCUT2D eigenvalue weighted by Crippen LogP contribution is -2.39. The SMILES string of the molecule is CC(C)N(C)c1ccc(NC(=O)C2CCN(C)C(=O)C2)cc1F. The van der Waals surface area contributed by atoms with E-state index in [1.54, 1.807) is 24.1 Å². The number of rotatable bonds is 4. The Bertz CT molecular complexity index is 604. The van der Waals surface area contributed by atoms with Crippen LogP contribution in [0.2, 0.25) is 0 Å². The van der Waals surface area contributed by atoms with Gasteiger partial charge in [0.05, 0.1) is 5.69 Å². The Kier molecular flexibility index (Phi) is 5.23. The molecule has 5 nitrogen and oxygen atoms in total. The van der Waals surface area contributed by atoms with Crippen molar-refractivity contribution in [3.63, 3.8) is 0 Å². The van der Waals surface area contributed by atoms with E-state index in [2.05, 4.69) is 5.32 Å². The molecule has 1 aromatic carbocycles. The van der Waals surface area contributed by atoms with Gasteiger partial charge in [-0.25, -0.2) is 4.39 Å². The Morgan fingerprint density at radius 3 is 2.70 bits per heavy atom. The Morgan fingerprint density at radius 1 is 1.43 bits per heavy atom. The average molecular weight is 321 g/mol. The van der Waals surface area contributed by atoms with Crippen molar-refractivity contribution in [2.75, 3.05) is 30.9 Å². The van der Waals surface area contributed by atoms with Crippen LogP contribution in [0.4, 0.5) is 15.8 Å². The number of halogens is 1. The van der Waals surface area contributed by atoms with Crippen molar-refractivity contribution >= 4 is 23.2 Å². The lowest BCUT2D eigenvalue weighted by atomic mass is 9.95. The fraction of sp³-hybridized carbons (Fsp3) is 0.529. The van der Waals surface area contributed by atoms with E-state index in [1.807, 2.05) is 25.8 Å². The van der Waals surface area contributed by atoms with E-state index in [0.29, 0.717) is 24.3 Å². The van der Waals surface area contributed by atoms with Gasteiger partial charge < -0.3 is 15.1 Å². The number of piperidine rings is 1. The summed E-state index contributed by atoms with van der Waals surface area (Å²) in [6, 6.07) is 4.84. The standard InChI is InChI=1S/C17H24FN3O2/c1-11(2)21(4)15-6-5-13(10-14(15)18)19-17(23)12-7-8-20(3)16(22)9-12/h5-6,10-12H,7-9H2,1-4H3,(H,19,23). The molecule has 2 rings (SSSR count). The van der Waals surface area contributed by atoms with Gasteiger partial charge in [-0.1, -0.05) is 0 Å². The van der Waals surface area contributed by atoms with Gasteiger partial charge in [0.25, 0.3) is 0 Å². The van der Waals surface area contributed by atoms with Gasteiger partial charge in [0, 0.05) is 44.7 Å². The van der Waals surface area contributed by atoms with Gasteiger partial charge in [-0.2, -0.15) is 0 Å². The van der Waals surface area contributed by atoms with E-state index in [9.17, 15) is 14.0 Å². The van der Waals surface area contributed by atoms with E-state index in [4.69, 9.17) is 0 Å². The molecule has 1 atom stereocenters. The molecule has 0 saturated carbocycles. The third-order valence-corrected chi connectivity index (χ3v) is 4.40. The van der Waals surface area contributed by atoms with Gasteiger partial charge in [0.2, 0.25) is 11.8 Å². The maximum atomic E-state index is 14.2. The molecule has 1 aliphatic heterocycles. The van der Waals surface area contributed by atoms with Gasteiger partial charge in [-0.15, -0.1) is 0 Å². The molecule has 126 valence electrons. The van der Waals surface area contributed by atoms with E-state index >= 15 is 0 Å². The van der Waals surface area contributed by atoms with E-state index in [0.717, 1.165) is 0 Å². The smallest absolute Gasteiger partial charge is 0.228 e. The molecule has 1 aromatic rings. The second kappa shape index (κ2) is 6.98. The van der Waals surface area contributed by atoms with E-state index < -0.39 is 0 Å². The molecule has 1 aliphatic rings. The summed E-state index contributed by atoms with van der Waals surface area (Å²) < 4.78 is 14.2. The number of benzene rings is 1. The maximum absolute atomic E-state index is 14.2. The minimum absolute atomic E-state index is 0.0310. The zero-order valence-corrected chi connectivity index (χ0v) is 14.1. The molecule has 2 amide bonds. The largest absolute Gasteiger partial charge is 0.370 e. The Balaban J connectivity index is 2.04. The van der Waals surface area contributed by atoms with E-state index in [-0.39, 0.29) is 36.0 Å². The number of nitrogens with zero attached hydrogens (tertiary/aromatic N) is 2. The van der Waals surface area contributed by atoms with Crippen LogP contribution in [0.25, 0.3) is 0 Å². The highest BCUT2D eigenvalue weighted by Gasteiger charge is 2.28. The quantitative estimate of drug-likeness (QED) is 0.927. The monoisotopic (exact) mass is 321 g/mol. The molecular weight excluding hydrogens is 297 g/mol. The zero-order chi connectivity index (χ0) is 17.1. The van der Waals surface area contributed by atoms with Crippen molar-refractivity contribution < 1.29 is 14.0 Å². The predicted molar refractivity (Wildman–Crippen MR) is 88.9 cm³/mol. The number of likely N-dealkylation sites (tertiary alicyclic amines) is 1. The van der Waals surface area contributed by atoms with Crippen LogP contribution >= 0.6 is 0 Å². The van der Waals surface area contributed by atoms with E-state index in [1.165, 1.54) is 6.07 Å². The lowest BCUT2D eigenvalue weighted by Gasteiger charge is -2.28. The molecule has 1 unspecified atom stereocenters. The van der Waals surface area contributed by atoms with Crippen molar-refractivity contribution in [2.24, 2.45) is 5.92 Å². The highest BCUT2D eigenvalue weighted by atomic mass is 19.1. The molecule has 0 spiro atoms. The Hall–Kier alpha value is -2.11. The van der Waals surface area contributed by atoms with Gasteiger partial charge in [-0.05, 0) is 38.5 Å². The van der Waals surface area contributed by atoms with Crippen LogP contribution in [0.1, 0.15) is 26.7 Å². The van der Waals surface area contributed by atoms with Crippen molar-refractivity contribution in [3.8, 4) is 0 Å². The van der Waals surface area contributed by atoms with Crippen LogP contribution in [-0.4, -0.2) is 43.4 Å². The lowest BCUT2D eigenvalue weighted by molar-refractivity contribution is -0.137. The maximum Gasteiger partial charge on any atom is 0.228 e. The molecule has 0 bridgehead atoms. The molecular formula is C17H24FN3O2. The number of hydrogen-bond acceptors (Lipinski definition) is 3. The summed E-state index contributed by atoms with van der Waals surface area (Å²) >= 11 is 0. The highest BCUT2D eigenvalue weighted by molar-refractivity contribution is 5.95. The number of carbonyl (C=O) groups is 2. The third-order valence-electron chi connectivity index (χ3n) is 4.40. The second-order valence-corrected chi connectivity index (χ2v) is 6.37. The van der Waals surface area contributed by atoms with Crippen molar-refractivity contribution in [2.45, 2.75) is 32.7 Å². The predicted octanol–water partition coefficient (Wildman–Crippen LogP) is 2.48. The van der Waals surface area contributed by atoms with Crippen LogP contribution < -0.4 is 10.2 Å². The second-order valence-electron chi connectivity index (χ2n) is 6.37. The van der Waals surface area contributed by atoms with Crippen molar-refractivity contribution in [1.29, 1.82) is 0 Å². The first-order valence-corrected chi connectivity index (χ1v) is 7.86. The molecule has 0 aromatic heterocycles. The van der Waals surface area contributed by atoms with Crippen LogP contribution in [-0.2, 0) is 9.59 Å². The molecule has 1 saturated heterocycles. The number of anilines is 2. The third kappa shape index (κ3) is 4.00. The number of nitrogens with one attached hydrogen (secondary N) is 1. The summed E-state index contributed by atoms with van der Waals surface area (Å²) in [7, 11) is 3.56. The Labute approximate surface area is 136 Å². The minimum atomic E-state index is -0.376. The average Bonchev–Trinajstić information content (AvgIpc) is 2.49. The van der Waals surface area contributed by atoms with Crippen molar-refractivity contribution in [1.82, 2.24) is 4.90 Å². The highest BCUT2D eigenvalue weighted by Crippen LogP contribution is 2.25. The molecule has 23 heavy (non-hydrogen) atoms. The Morgan fingerprint density at radius 2 is 2.13 bits per heavy atom. The summed E-state index contributed by atoms with van der Waals surface area (Å²) in [6.45, 7) is 4.53. The summed E-state index contributed by atoms with van der Waals surface area (Å²) in [5, 5.41) is 2.72. The van der Waals surface area contributed by atoms with Crippen LogP contribution in [0, 0.1) is 11.7 Å². The molecule has 1 heterocycles. The first-order valence-electron chi connectivity index (χ1n) is 7.86. The first-order chi connectivity index (χ1) is 10.8. The topological polar surface area (TPSA) is 52.7 Å². The fourth-order valence-electron chi connectivity index (χ4n) is 2.56. The van der Waals surface area contributed by atoms with Gasteiger partial charge in [0.15, 0.2) is 0 Å². The van der Waals surface area contributed by atoms with Gasteiger partial charge in [-0.3, -0.25) is 9.59 Å². The zero-order valence-electron chi connectivity index (χ0n) is 14.1. The summed E-state index contributed by atoms with van der Waals surface area (Å²) in [6.07, 6.45) is 0.837. The number of amides is 2. The molecule has 1 fully saturated rings. The number of carbonyl (C=O) groups excluding carboxylic acids is 2. The van der Waals surface area contributed by atoms with Gasteiger partial charge in [0.1, 0.15) is 5.82 Å². The van der Waals surface area contributed by atoms with Crippen LogP contribution in [0.15, 0.2) is 18.2 Å². The molecule has 1 N–H and O–H groups in total. The summed E-state index contributed by atoms with van der Waals surface area (Å²) in [5.74, 6) is -0.981. The van der Waals surface area contributed by atoms with Crippen LogP contribution in [0.3, 0.4) is 0 Å². The van der Waals surface area contributed by atoms with Crippen LogP contribution in [0.5, 0.6) is 0 Å². The molecule has 6 heteroatoms. The molecule has 0 aliphatic carbocycles. The first kappa shape index (κ1) is 17.2. The number of hydrogen-bond donors (Lipinski definition) is 1. The minimum Gasteiger partial charge on any atom is -0.370 e. The van der Waals surface area contributed by atoms with Crippen molar-refractivity contribution in [3.05, 3.63) is 24.0 Å².